The Labute approximate surface area is 250 Å². The van der Waals surface area contributed by atoms with Crippen molar-refractivity contribution in [1.82, 2.24) is 25.8 Å². The number of nitrogens with zero attached hydrogens (tertiary/aromatic N) is 2. The van der Waals surface area contributed by atoms with Crippen molar-refractivity contribution in [3.63, 3.8) is 0 Å². The van der Waals surface area contributed by atoms with Crippen LogP contribution in [0.1, 0.15) is 33.7 Å². The molecule has 0 spiro atoms. The quantitative estimate of drug-likeness (QED) is 0.184. The van der Waals surface area contributed by atoms with E-state index in [-0.39, 0.29) is 36.6 Å². The molecule has 1 heterocycles. The van der Waals surface area contributed by atoms with Crippen LogP contribution < -0.4 is 21.7 Å². The molecular formula is C33H36N6O4. The number of carbonyl (C=O) groups excluding carboxylic acids is 3. The van der Waals surface area contributed by atoms with E-state index < -0.39 is 12.0 Å². The van der Waals surface area contributed by atoms with Gasteiger partial charge in [-0.05, 0) is 52.1 Å². The van der Waals surface area contributed by atoms with Crippen LogP contribution in [0.3, 0.4) is 0 Å². The molecule has 0 aliphatic rings. The standard InChI is InChI=1S/C33H36N6O4/c1-39(2)33(43)37-21-23-10-8-22(9-11-23)20-36-31(41)28(18-24-16-17-35-29(34)19-24)38-32(42)30(25-6-4-3-5-7-25)26-12-14-27(40)15-13-26/h3-17,19,28,30,40H,18,20-21H2,1-2H3,(H2,34,35)(H,36,41)(H,37,43)(H,38,42). The monoisotopic (exact) mass is 580 g/mol. The van der Waals surface area contributed by atoms with E-state index in [0.29, 0.717) is 17.9 Å². The zero-order valence-electron chi connectivity index (χ0n) is 24.2. The number of amides is 4. The zero-order valence-corrected chi connectivity index (χ0v) is 24.2. The van der Waals surface area contributed by atoms with Crippen molar-refractivity contribution < 1.29 is 19.5 Å². The number of hydrogen-bond donors (Lipinski definition) is 5. The van der Waals surface area contributed by atoms with E-state index in [4.69, 9.17) is 5.73 Å². The molecule has 0 bridgehead atoms. The summed E-state index contributed by atoms with van der Waals surface area (Å²) in [6.45, 7) is 0.629. The number of phenolic OH excluding ortho intramolecular Hbond substituents is 1. The third-order valence-electron chi connectivity index (χ3n) is 6.88. The number of pyridine rings is 1. The maximum atomic E-state index is 13.8. The van der Waals surface area contributed by atoms with Crippen LogP contribution in [0.15, 0.2) is 97.2 Å². The van der Waals surface area contributed by atoms with Gasteiger partial charge in [0.1, 0.15) is 17.6 Å². The Kier molecular flexibility index (Phi) is 10.3. The summed E-state index contributed by atoms with van der Waals surface area (Å²) in [7, 11) is 3.35. The number of benzene rings is 3. The van der Waals surface area contributed by atoms with E-state index in [0.717, 1.165) is 22.3 Å². The molecule has 3 aromatic carbocycles. The van der Waals surface area contributed by atoms with E-state index in [2.05, 4.69) is 20.9 Å². The van der Waals surface area contributed by atoms with Gasteiger partial charge in [0.05, 0.1) is 5.92 Å². The van der Waals surface area contributed by atoms with E-state index in [1.807, 2.05) is 54.6 Å². The van der Waals surface area contributed by atoms with Gasteiger partial charge in [-0.15, -0.1) is 0 Å². The van der Waals surface area contributed by atoms with Crippen LogP contribution in [0.5, 0.6) is 5.75 Å². The van der Waals surface area contributed by atoms with E-state index in [1.165, 1.54) is 17.0 Å². The highest BCUT2D eigenvalue weighted by atomic mass is 16.3. The van der Waals surface area contributed by atoms with Crippen molar-refractivity contribution in [1.29, 1.82) is 0 Å². The number of anilines is 1. The number of urea groups is 1. The maximum Gasteiger partial charge on any atom is 0.317 e. The summed E-state index contributed by atoms with van der Waals surface area (Å²) in [4.78, 5) is 44.6. The van der Waals surface area contributed by atoms with Gasteiger partial charge in [0.2, 0.25) is 11.8 Å². The first-order chi connectivity index (χ1) is 20.7. The van der Waals surface area contributed by atoms with Gasteiger partial charge < -0.3 is 31.7 Å². The molecule has 0 saturated heterocycles. The predicted molar refractivity (Wildman–Crippen MR) is 165 cm³/mol. The lowest BCUT2D eigenvalue weighted by molar-refractivity contribution is -0.129. The smallest absolute Gasteiger partial charge is 0.317 e. The second kappa shape index (κ2) is 14.5. The first-order valence-electron chi connectivity index (χ1n) is 13.8. The summed E-state index contributed by atoms with van der Waals surface area (Å²) in [5.74, 6) is -1.02. The predicted octanol–water partition coefficient (Wildman–Crippen LogP) is 3.32. The Balaban J connectivity index is 1.50. The summed E-state index contributed by atoms with van der Waals surface area (Å²) in [5, 5.41) is 18.5. The fourth-order valence-electron chi connectivity index (χ4n) is 4.55. The second-order valence-electron chi connectivity index (χ2n) is 10.4. The number of aromatic hydroxyl groups is 1. The number of phenols is 1. The number of rotatable bonds is 11. The third-order valence-corrected chi connectivity index (χ3v) is 6.88. The number of nitrogens with two attached hydrogens (primary N) is 1. The van der Waals surface area contributed by atoms with Gasteiger partial charge in [0.25, 0.3) is 0 Å². The van der Waals surface area contributed by atoms with Gasteiger partial charge in [0.15, 0.2) is 0 Å². The molecule has 4 aromatic rings. The van der Waals surface area contributed by atoms with Gasteiger partial charge in [-0.2, -0.15) is 0 Å². The Morgan fingerprint density at radius 3 is 2.00 bits per heavy atom. The lowest BCUT2D eigenvalue weighted by Crippen LogP contribution is -2.49. The Hall–Kier alpha value is -5.38. The number of hydrogen-bond acceptors (Lipinski definition) is 6. The van der Waals surface area contributed by atoms with Gasteiger partial charge in [-0.1, -0.05) is 66.7 Å². The van der Waals surface area contributed by atoms with Crippen LogP contribution in [0.4, 0.5) is 10.6 Å². The summed E-state index contributed by atoms with van der Waals surface area (Å²) < 4.78 is 0. The molecular weight excluding hydrogens is 544 g/mol. The largest absolute Gasteiger partial charge is 0.508 e. The fraction of sp³-hybridized carbons (Fsp3) is 0.212. The fourth-order valence-corrected chi connectivity index (χ4v) is 4.55. The van der Waals surface area contributed by atoms with Crippen LogP contribution in [0.2, 0.25) is 0 Å². The van der Waals surface area contributed by atoms with Crippen molar-refractivity contribution in [2.45, 2.75) is 31.5 Å². The molecule has 10 heteroatoms. The number of nitrogens with one attached hydrogen (secondary N) is 3. The molecule has 2 atom stereocenters. The van der Waals surface area contributed by atoms with Crippen LogP contribution in [0, 0.1) is 0 Å². The second-order valence-corrected chi connectivity index (χ2v) is 10.4. The summed E-state index contributed by atoms with van der Waals surface area (Å²) in [5.41, 5.74) is 9.84. The van der Waals surface area contributed by atoms with Crippen LogP contribution >= 0.6 is 0 Å². The van der Waals surface area contributed by atoms with E-state index >= 15 is 0 Å². The van der Waals surface area contributed by atoms with Gasteiger partial charge >= 0.3 is 6.03 Å². The zero-order chi connectivity index (χ0) is 30.8. The van der Waals surface area contributed by atoms with Crippen molar-refractivity contribution >= 4 is 23.7 Å². The Morgan fingerprint density at radius 2 is 1.40 bits per heavy atom. The van der Waals surface area contributed by atoms with Gasteiger partial charge in [0, 0.05) is 39.8 Å². The summed E-state index contributed by atoms with van der Waals surface area (Å²) in [6, 6.07) is 25.6. The Morgan fingerprint density at radius 1 is 0.791 bits per heavy atom. The molecule has 0 saturated carbocycles. The molecule has 1 aromatic heterocycles. The van der Waals surface area contributed by atoms with Crippen LogP contribution in [-0.2, 0) is 29.1 Å². The van der Waals surface area contributed by atoms with Crippen LogP contribution in [-0.4, -0.2) is 53.0 Å². The highest BCUT2D eigenvalue weighted by Crippen LogP contribution is 2.27. The summed E-state index contributed by atoms with van der Waals surface area (Å²) in [6.07, 6.45) is 1.76. The molecule has 0 fully saturated rings. The molecule has 0 radical (unpaired) electrons. The highest BCUT2D eigenvalue weighted by molar-refractivity contribution is 5.92. The van der Waals surface area contributed by atoms with Crippen molar-refractivity contribution in [2.24, 2.45) is 0 Å². The number of aromatic nitrogens is 1. The average molecular weight is 581 g/mol. The Bertz CT molecular complexity index is 1530. The van der Waals surface area contributed by atoms with E-state index in [9.17, 15) is 19.5 Å². The lowest BCUT2D eigenvalue weighted by atomic mass is 9.90. The molecule has 2 unspecified atom stereocenters. The van der Waals surface area contributed by atoms with E-state index in [1.54, 1.807) is 44.6 Å². The maximum absolute atomic E-state index is 13.8. The normalized spacial score (nSPS) is 12.0. The van der Waals surface area contributed by atoms with Gasteiger partial charge in [-0.25, -0.2) is 9.78 Å². The van der Waals surface area contributed by atoms with Gasteiger partial charge in [-0.3, -0.25) is 9.59 Å². The SMILES string of the molecule is CN(C)C(=O)NCc1ccc(CNC(=O)C(Cc2ccnc(N)c2)NC(=O)C(c2ccccc2)c2ccc(O)cc2)cc1. The molecule has 4 amide bonds. The topological polar surface area (TPSA) is 150 Å². The van der Waals surface area contributed by atoms with Crippen molar-refractivity contribution in [3.05, 3.63) is 125 Å². The minimum atomic E-state index is -0.904. The highest BCUT2D eigenvalue weighted by Gasteiger charge is 2.28. The average Bonchev–Trinajstić information content (AvgIpc) is 3.00. The molecule has 222 valence electrons. The minimum absolute atomic E-state index is 0.0925. The molecule has 10 nitrogen and oxygen atoms in total. The summed E-state index contributed by atoms with van der Waals surface area (Å²) >= 11 is 0. The van der Waals surface area contributed by atoms with Crippen molar-refractivity contribution in [3.8, 4) is 5.75 Å². The minimum Gasteiger partial charge on any atom is -0.508 e. The van der Waals surface area contributed by atoms with Crippen molar-refractivity contribution in [2.75, 3.05) is 19.8 Å². The molecule has 0 aliphatic carbocycles. The number of nitrogen functional groups attached to an aromatic ring is 1. The third kappa shape index (κ3) is 8.80. The molecule has 6 N–H and O–H groups in total. The molecule has 43 heavy (non-hydrogen) atoms. The first-order valence-corrected chi connectivity index (χ1v) is 13.8. The van der Waals surface area contributed by atoms with Crippen LogP contribution in [0.25, 0.3) is 0 Å². The lowest BCUT2D eigenvalue weighted by Gasteiger charge is -2.23. The first kappa shape index (κ1) is 30.6. The molecule has 0 aliphatic heterocycles. The number of carbonyl (C=O) groups is 3. The molecule has 4 rings (SSSR count).